The van der Waals surface area contributed by atoms with Crippen molar-refractivity contribution < 1.29 is 9.47 Å². The van der Waals surface area contributed by atoms with Gasteiger partial charge in [-0.25, -0.2) is 0 Å². The van der Waals surface area contributed by atoms with E-state index in [4.69, 9.17) is 9.47 Å². The van der Waals surface area contributed by atoms with Crippen LogP contribution >= 0.6 is 0 Å². The van der Waals surface area contributed by atoms with Crippen molar-refractivity contribution in [1.82, 2.24) is 10.6 Å². The molecule has 2 N–H and O–H groups in total. The zero-order valence-electron chi connectivity index (χ0n) is 20.3. The summed E-state index contributed by atoms with van der Waals surface area (Å²) in [5, 5.41) is 7.39. The predicted octanol–water partition coefficient (Wildman–Crippen LogP) is 5.11. The highest BCUT2D eigenvalue weighted by Gasteiger charge is 2.43. The van der Waals surface area contributed by atoms with Crippen molar-refractivity contribution in [3.8, 4) is 0 Å². The minimum absolute atomic E-state index is 0.105. The van der Waals surface area contributed by atoms with Crippen LogP contribution in [0.4, 0.5) is 0 Å². The van der Waals surface area contributed by atoms with E-state index in [0.29, 0.717) is 12.1 Å². The van der Waals surface area contributed by atoms with Crippen molar-refractivity contribution in [3.63, 3.8) is 0 Å². The Hall–Kier alpha value is -1.72. The van der Waals surface area contributed by atoms with Crippen LogP contribution in [-0.2, 0) is 27.9 Å². The molecule has 1 unspecified atom stereocenters. The second-order valence-corrected chi connectivity index (χ2v) is 11.4. The second-order valence-electron chi connectivity index (χ2n) is 11.4. The number of hydrogen-bond donors (Lipinski definition) is 2. The van der Waals surface area contributed by atoms with Crippen LogP contribution in [0, 0.1) is 0 Å². The SMILES string of the molecule is CC1(C)Cc2cc(C3(C)Cc4ccccc4[C@H]([C@@H]4CCCN4)O3)ccc2[C@@H]([C@@H]2CCCN2)O1. The Morgan fingerprint density at radius 2 is 1.42 bits per heavy atom. The molecule has 6 rings (SSSR count). The third kappa shape index (κ3) is 3.95. The number of nitrogens with one attached hydrogen (secondary N) is 2. The highest BCUT2D eigenvalue weighted by atomic mass is 16.5. The van der Waals surface area contributed by atoms with Gasteiger partial charge in [-0.2, -0.15) is 0 Å². The number of hydrogen-bond acceptors (Lipinski definition) is 4. The van der Waals surface area contributed by atoms with Gasteiger partial charge in [-0.1, -0.05) is 42.5 Å². The first-order valence-electron chi connectivity index (χ1n) is 13.0. The second kappa shape index (κ2) is 8.20. The Morgan fingerprint density at radius 1 is 0.758 bits per heavy atom. The summed E-state index contributed by atoms with van der Waals surface area (Å²) in [4.78, 5) is 0. The first-order valence-corrected chi connectivity index (χ1v) is 13.0. The van der Waals surface area contributed by atoms with Crippen LogP contribution in [0.1, 0.15) is 86.5 Å². The van der Waals surface area contributed by atoms with E-state index in [1.54, 1.807) is 0 Å². The summed E-state index contributed by atoms with van der Waals surface area (Å²) in [5.74, 6) is 0. The van der Waals surface area contributed by atoms with Gasteiger partial charge in [0, 0.05) is 24.9 Å². The summed E-state index contributed by atoms with van der Waals surface area (Å²) in [6, 6.07) is 16.8. The Labute approximate surface area is 198 Å². The van der Waals surface area contributed by atoms with Crippen molar-refractivity contribution in [2.24, 2.45) is 0 Å². The maximum atomic E-state index is 7.03. The fourth-order valence-electron chi connectivity index (χ4n) is 6.70. The lowest BCUT2D eigenvalue weighted by Crippen LogP contribution is -2.43. The molecule has 0 spiro atoms. The lowest BCUT2D eigenvalue weighted by molar-refractivity contribution is -0.114. The molecule has 33 heavy (non-hydrogen) atoms. The molecule has 0 aromatic heterocycles. The fraction of sp³-hybridized carbons (Fsp3) is 0.586. The molecule has 5 atom stereocenters. The van der Waals surface area contributed by atoms with Crippen LogP contribution in [-0.4, -0.2) is 30.8 Å². The summed E-state index contributed by atoms with van der Waals surface area (Å²) in [5.41, 5.74) is 6.41. The average molecular weight is 447 g/mol. The summed E-state index contributed by atoms with van der Waals surface area (Å²) < 4.78 is 13.7. The quantitative estimate of drug-likeness (QED) is 0.687. The Balaban J connectivity index is 1.37. The molecular formula is C29H38N2O2. The van der Waals surface area contributed by atoms with Crippen LogP contribution in [0.25, 0.3) is 0 Å². The summed E-state index contributed by atoms with van der Waals surface area (Å²) in [6.45, 7) is 8.96. The lowest BCUT2D eigenvalue weighted by atomic mass is 9.78. The normalized spacial score (nSPS) is 35.2. The highest BCUT2D eigenvalue weighted by Crippen LogP contribution is 2.46. The average Bonchev–Trinajstić information content (AvgIpc) is 3.51. The Morgan fingerprint density at radius 3 is 2.12 bits per heavy atom. The monoisotopic (exact) mass is 446 g/mol. The number of benzene rings is 2. The van der Waals surface area contributed by atoms with Crippen LogP contribution < -0.4 is 10.6 Å². The minimum Gasteiger partial charge on any atom is -0.366 e. The molecule has 4 aliphatic rings. The molecule has 2 aromatic carbocycles. The third-order valence-corrected chi connectivity index (χ3v) is 8.33. The van der Waals surface area contributed by atoms with Crippen LogP contribution in [0.2, 0.25) is 0 Å². The fourth-order valence-corrected chi connectivity index (χ4v) is 6.70. The van der Waals surface area contributed by atoms with Gasteiger partial charge in [0.15, 0.2) is 0 Å². The predicted molar refractivity (Wildman–Crippen MR) is 131 cm³/mol. The van der Waals surface area contributed by atoms with E-state index in [9.17, 15) is 0 Å². The number of rotatable bonds is 3. The van der Waals surface area contributed by atoms with Crippen LogP contribution in [0.3, 0.4) is 0 Å². The first kappa shape index (κ1) is 21.8. The topological polar surface area (TPSA) is 42.5 Å². The molecule has 0 saturated carbocycles. The largest absolute Gasteiger partial charge is 0.366 e. The van der Waals surface area contributed by atoms with Gasteiger partial charge in [-0.05, 0) is 87.4 Å². The van der Waals surface area contributed by atoms with Gasteiger partial charge in [0.05, 0.1) is 23.4 Å². The van der Waals surface area contributed by atoms with Gasteiger partial charge in [-0.15, -0.1) is 0 Å². The van der Waals surface area contributed by atoms with E-state index in [-0.39, 0.29) is 23.4 Å². The van der Waals surface area contributed by atoms with E-state index in [2.05, 4.69) is 73.9 Å². The van der Waals surface area contributed by atoms with Crippen molar-refractivity contribution >= 4 is 0 Å². The first-order chi connectivity index (χ1) is 15.9. The standard InChI is InChI=1S/C29H38N2O2/c1-28(2)17-20-16-21(12-13-23(20)26(32-28)24-10-6-14-30-24)29(3)18-19-8-4-5-9-22(19)27(33-29)25-11-7-15-31-25/h4-5,8-9,12-13,16,24-27,30-31H,6-7,10-11,14-15,17-18H2,1-3H3/t24-,25-,26-,27+,29?/m0/s1. The van der Waals surface area contributed by atoms with E-state index < -0.39 is 0 Å². The highest BCUT2D eigenvalue weighted by molar-refractivity contribution is 5.42. The molecule has 2 saturated heterocycles. The van der Waals surface area contributed by atoms with Crippen molar-refractivity contribution in [1.29, 1.82) is 0 Å². The van der Waals surface area contributed by atoms with Gasteiger partial charge in [0.2, 0.25) is 0 Å². The molecule has 4 aliphatic heterocycles. The molecule has 2 aromatic rings. The molecule has 0 radical (unpaired) electrons. The molecule has 4 nitrogen and oxygen atoms in total. The van der Waals surface area contributed by atoms with Gasteiger partial charge in [0.1, 0.15) is 0 Å². The van der Waals surface area contributed by atoms with Crippen LogP contribution in [0.5, 0.6) is 0 Å². The lowest BCUT2D eigenvalue weighted by Gasteiger charge is -2.44. The summed E-state index contributed by atoms with van der Waals surface area (Å²) in [7, 11) is 0. The molecule has 0 aliphatic carbocycles. The Kier molecular flexibility index (Phi) is 5.41. The van der Waals surface area contributed by atoms with Gasteiger partial charge >= 0.3 is 0 Å². The van der Waals surface area contributed by atoms with Gasteiger partial charge in [0.25, 0.3) is 0 Å². The maximum Gasteiger partial charge on any atom is 0.0992 e. The number of ether oxygens (including phenoxy) is 2. The zero-order chi connectivity index (χ0) is 22.6. The molecule has 0 bridgehead atoms. The molecule has 0 amide bonds. The van der Waals surface area contributed by atoms with Crippen molar-refractivity contribution in [2.75, 3.05) is 13.1 Å². The van der Waals surface area contributed by atoms with E-state index in [1.165, 1.54) is 53.5 Å². The van der Waals surface area contributed by atoms with Crippen molar-refractivity contribution in [2.45, 2.75) is 94.8 Å². The molecular weight excluding hydrogens is 408 g/mol. The number of fused-ring (bicyclic) bond motifs is 2. The molecule has 4 heterocycles. The van der Waals surface area contributed by atoms with E-state index in [0.717, 1.165) is 25.9 Å². The summed E-state index contributed by atoms with van der Waals surface area (Å²) in [6.07, 6.45) is 6.94. The van der Waals surface area contributed by atoms with E-state index in [1.807, 2.05) is 0 Å². The maximum absolute atomic E-state index is 7.03. The van der Waals surface area contributed by atoms with Crippen molar-refractivity contribution in [3.05, 3.63) is 70.3 Å². The zero-order valence-corrected chi connectivity index (χ0v) is 20.3. The van der Waals surface area contributed by atoms with E-state index >= 15 is 0 Å². The third-order valence-electron chi connectivity index (χ3n) is 8.33. The Bertz CT molecular complexity index is 1020. The van der Waals surface area contributed by atoms with Gasteiger partial charge < -0.3 is 20.1 Å². The smallest absolute Gasteiger partial charge is 0.0992 e. The summed E-state index contributed by atoms with van der Waals surface area (Å²) >= 11 is 0. The minimum atomic E-state index is -0.331. The molecule has 2 fully saturated rings. The molecule has 4 heteroatoms. The van der Waals surface area contributed by atoms with Gasteiger partial charge in [-0.3, -0.25) is 0 Å². The van der Waals surface area contributed by atoms with Crippen LogP contribution in [0.15, 0.2) is 42.5 Å². The molecule has 176 valence electrons.